The number of amides is 2. The molecule has 6 nitrogen and oxygen atoms in total. The molecular weight excluding hydrogens is 236 g/mol. The molecule has 3 N–H and O–H groups in total. The first kappa shape index (κ1) is 14.2. The van der Waals surface area contributed by atoms with Crippen molar-refractivity contribution in [1.82, 2.24) is 4.90 Å². The third-order valence-corrected chi connectivity index (χ3v) is 3.11. The summed E-state index contributed by atoms with van der Waals surface area (Å²) >= 11 is 0. The van der Waals surface area contributed by atoms with E-state index in [1.807, 2.05) is 0 Å². The third kappa shape index (κ3) is 3.32. The Bertz CT molecular complexity index is 378. The molecule has 6 heteroatoms. The number of allylic oxidation sites excluding steroid dienone is 2. The minimum atomic E-state index is -0.979. The fourth-order valence-corrected chi connectivity index (χ4v) is 2.13. The molecule has 0 aromatic heterocycles. The number of aliphatic carboxylic acids is 1. The van der Waals surface area contributed by atoms with Crippen molar-refractivity contribution in [3.8, 4) is 0 Å². The largest absolute Gasteiger partial charge is 0.481 e. The summed E-state index contributed by atoms with van der Waals surface area (Å²) in [5, 5.41) is 9.10. The highest BCUT2D eigenvalue weighted by atomic mass is 16.4. The Labute approximate surface area is 105 Å². The molecular formula is C12H18N2O4. The number of carboxylic acid groups (broad SMARTS) is 1. The predicted molar refractivity (Wildman–Crippen MR) is 64.4 cm³/mol. The van der Waals surface area contributed by atoms with Crippen LogP contribution in [0.15, 0.2) is 12.2 Å². The first-order valence-electron chi connectivity index (χ1n) is 5.92. The average molecular weight is 254 g/mol. The van der Waals surface area contributed by atoms with E-state index in [1.165, 1.54) is 4.90 Å². The molecule has 0 saturated carbocycles. The van der Waals surface area contributed by atoms with E-state index in [4.69, 9.17) is 10.8 Å². The van der Waals surface area contributed by atoms with Crippen molar-refractivity contribution >= 4 is 17.8 Å². The van der Waals surface area contributed by atoms with Crippen LogP contribution >= 0.6 is 0 Å². The normalized spacial score (nSPS) is 22.5. The summed E-state index contributed by atoms with van der Waals surface area (Å²) < 4.78 is 0. The molecule has 0 aromatic carbocycles. The van der Waals surface area contributed by atoms with Crippen LogP contribution in [-0.2, 0) is 14.4 Å². The number of likely N-dealkylation sites (N-methyl/N-ethyl adjacent to an activating group) is 1. The van der Waals surface area contributed by atoms with Crippen molar-refractivity contribution in [3.05, 3.63) is 12.2 Å². The van der Waals surface area contributed by atoms with Crippen molar-refractivity contribution in [3.63, 3.8) is 0 Å². The van der Waals surface area contributed by atoms with Crippen LogP contribution in [-0.4, -0.2) is 40.9 Å². The van der Waals surface area contributed by atoms with E-state index in [-0.39, 0.29) is 12.5 Å². The number of carboxylic acids is 1. The lowest BCUT2D eigenvalue weighted by Crippen LogP contribution is -2.45. The van der Waals surface area contributed by atoms with Crippen molar-refractivity contribution < 1.29 is 19.5 Å². The molecule has 0 radical (unpaired) electrons. The summed E-state index contributed by atoms with van der Waals surface area (Å²) in [7, 11) is 0. The number of carbonyl (C=O) groups is 3. The molecule has 100 valence electrons. The van der Waals surface area contributed by atoms with Gasteiger partial charge in [0.25, 0.3) is 0 Å². The SMILES string of the molecule is CCN(CC(N)=O)C(=O)[C@@H]1CC=CC[C@@H]1C(=O)O. The second-order valence-electron chi connectivity index (χ2n) is 4.31. The van der Waals surface area contributed by atoms with E-state index in [9.17, 15) is 14.4 Å². The van der Waals surface area contributed by atoms with Gasteiger partial charge in [0.1, 0.15) is 0 Å². The van der Waals surface area contributed by atoms with Crippen molar-refractivity contribution in [1.29, 1.82) is 0 Å². The monoisotopic (exact) mass is 254 g/mol. The van der Waals surface area contributed by atoms with E-state index in [0.717, 1.165) is 0 Å². The molecule has 1 aliphatic carbocycles. The van der Waals surface area contributed by atoms with Crippen molar-refractivity contribution in [2.24, 2.45) is 17.6 Å². The Morgan fingerprint density at radius 1 is 1.28 bits per heavy atom. The summed E-state index contributed by atoms with van der Waals surface area (Å²) in [5.74, 6) is -3.21. The lowest BCUT2D eigenvalue weighted by Gasteiger charge is -2.29. The number of hydrogen-bond acceptors (Lipinski definition) is 3. The predicted octanol–water partition coefficient (Wildman–Crippen LogP) is -0.0128. The first-order chi connectivity index (χ1) is 8.47. The van der Waals surface area contributed by atoms with Crippen LogP contribution < -0.4 is 5.73 Å². The highest BCUT2D eigenvalue weighted by molar-refractivity contribution is 5.88. The number of nitrogens with zero attached hydrogens (tertiary/aromatic N) is 1. The maximum Gasteiger partial charge on any atom is 0.307 e. The van der Waals surface area contributed by atoms with Crippen LogP contribution in [0, 0.1) is 11.8 Å². The Hall–Kier alpha value is -1.85. The fraction of sp³-hybridized carbons (Fsp3) is 0.583. The van der Waals surface area contributed by atoms with Gasteiger partial charge in [0.05, 0.1) is 18.4 Å². The standard InChI is InChI=1S/C12H18N2O4/c1-2-14(7-10(13)15)11(16)8-5-3-4-6-9(8)12(17)18/h3-4,8-9H,2,5-7H2,1H3,(H2,13,15)(H,17,18)/t8-,9+/m1/s1. The van der Waals surface area contributed by atoms with Gasteiger partial charge in [-0.1, -0.05) is 12.2 Å². The number of carbonyl (C=O) groups excluding carboxylic acids is 2. The second kappa shape index (κ2) is 6.18. The minimum Gasteiger partial charge on any atom is -0.481 e. The molecule has 0 aromatic rings. The highest BCUT2D eigenvalue weighted by Gasteiger charge is 2.36. The summed E-state index contributed by atoms with van der Waals surface area (Å²) in [6.07, 6.45) is 4.32. The molecule has 0 spiro atoms. The maximum absolute atomic E-state index is 12.2. The van der Waals surface area contributed by atoms with Crippen molar-refractivity contribution in [2.75, 3.05) is 13.1 Å². The summed E-state index contributed by atoms with van der Waals surface area (Å²) in [4.78, 5) is 35.5. The van der Waals surface area contributed by atoms with Gasteiger partial charge >= 0.3 is 5.97 Å². The average Bonchev–Trinajstić information content (AvgIpc) is 2.34. The van der Waals surface area contributed by atoms with E-state index in [2.05, 4.69) is 0 Å². The van der Waals surface area contributed by atoms with Crippen LogP contribution in [0.2, 0.25) is 0 Å². The number of hydrogen-bond donors (Lipinski definition) is 2. The Balaban J connectivity index is 2.82. The van der Waals surface area contributed by atoms with Gasteiger partial charge in [-0.2, -0.15) is 0 Å². The molecule has 18 heavy (non-hydrogen) atoms. The smallest absolute Gasteiger partial charge is 0.307 e. The summed E-state index contributed by atoms with van der Waals surface area (Å²) in [5.41, 5.74) is 5.07. The Morgan fingerprint density at radius 3 is 2.28 bits per heavy atom. The maximum atomic E-state index is 12.2. The van der Waals surface area contributed by atoms with Crippen LogP contribution in [0.3, 0.4) is 0 Å². The molecule has 0 bridgehead atoms. The third-order valence-electron chi connectivity index (χ3n) is 3.11. The second-order valence-corrected chi connectivity index (χ2v) is 4.31. The zero-order valence-electron chi connectivity index (χ0n) is 10.3. The molecule has 0 saturated heterocycles. The fourth-order valence-electron chi connectivity index (χ4n) is 2.13. The number of rotatable bonds is 5. The number of nitrogens with two attached hydrogens (primary N) is 1. The van der Waals surface area contributed by atoms with E-state index < -0.39 is 23.7 Å². The highest BCUT2D eigenvalue weighted by Crippen LogP contribution is 2.27. The van der Waals surface area contributed by atoms with E-state index in [1.54, 1.807) is 19.1 Å². The van der Waals surface area contributed by atoms with Crippen LogP contribution in [0.25, 0.3) is 0 Å². The molecule has 0 unspecified atom stereocenters. The van der Waals surface area contributed by atoms with E-state index >= 15 is 0 Å². The first-order valence-corrected chi connectivity index (χ1v) is 5.92. The Morgan fingerprint density at radius 2 is 1.83 bits per heavy atom. The molecule has 1 rings (SSSR count). The molecule has 0 heterocycles. The summed E-state index contributed by atoms with van der Waals surface area (Å²) in [6, 6.07) is 0. The van der Waals surface area contributed by atoms with Crippen LogP contribution in [0.5, 0.6) is 0 Å². The van der Waals surface area contributed by atoms with Gasteiger partial charge in [0.15, 0.2) is 0 Å². The topological polar surface area (TPSA) is 101 Å². The van der Waals surface area contributed by atoms with Gasteiger partial charge in [-0.15, -0.1) is 0 Å². The van der Waals surface area contributed by atoms with Gasteiger partial charge < -0.3 is 15.7 Å². The minimum absolute atomic E-state index is 0.165. The van der Waals surface area contributed by atoms with Gasteiger partial charge in [-0.25, -0.2) is 0 Å². The van der Waals surface area contributed by atoms with Gasteiger partial charge in [0, 0.05) is 6.54 Å². The zero-order chi connectivity index (χ0) is 13.7. The van der Waals surface area contributed by atoms with Crippen LogP contribution in [0.4, 0.5) is 0 Å². The number of primary amides is 1. The molecule has 2 amide bonds. The molecule has 0 aliphatic heterocycles. The Kier molecular flexibility index (Phi) is 4.88. The lowest BCUT2D eigenvalue weighted by molar-refractivity contribution is -0.151. The molecule has 1 aliphatic rings. The molecule has 2 atom stereocenters. The van der Waals surface area contributed by atoms with E-state index in [0.29, 0.717) is 19.4 Å². The van der Waals surface area contributed by atoms with Gasteiger partial charge in [-0.05, 0) is 19.8 Å². The van der Waals surface area contributed by atoms with Gasteiger partial charge in [-0.3, -0.25) is 14.4 Å². The quantitative estimate of drug-likeness (QED) is 0.673. The van der Waals surface area contributed by atoms with Crippen LogP contribution in [0.1, 0.15) is 19.8 Å². The van der Waals surface area contributed by atoms with Gasteiger partial charge in [0.2, 0.25) is 11.8 Å². The lowest BCUT2D eigenvalue weighted by atomic mass is 9.82. The molecule has 0 fully saturated rings. The van der Waals surface area contributed by atoms with Crippen molar-refractivity contribution in [2.45, 2.75) is 19.8 Å². The summed E-state index contributed by atoms with van der Waals surface area (Å²) in [6.45, 7) is 1.91. The zero-order valence-corrected chi connectivity index (χ0v) is 10.3.